The van der Waals surface area contributed by atoms with Gasteiger partial charge in [0, 0.05) is 49.9 Å². The summed E-state index contributed by atoms with van der Waals surface area (Å²) in [6.07, 6.45) is 5.55. The van der Waals surface area contributed by atoms with E-state index >= 15 is 0 Å². The fourth-order valence-corrected chi connectivity index (χ4v) is 4.73. The second kappa shape index (κ2) is 10.3. The van der Waals surface area contributed by atoms with E-state index in [1.165, 1.54) is 5.69 Å². The van der Waals surface area contributed by atoms with Crippen molar-refractivity contribution in [2.24, 2.45) is 0 Å². The largest absolute Gasteiger partial charge is 0.369 e. The summed E-state index contributed by atoms with van der Waals surface area (Å²) in [5.74, 6) is 0.619. The van der Waals surface area contributed by atoms with Crippen LogP contribution in [0.3, 0.4) is 0 Å². The van der Waals surface area contributed by atoms with Gasteiger partial charge in [0.05, 0.1) is 18.3 Å². The molecule has 176 valence electrons. The number of pyridine rings is 1. The minimum Gasteiger partial charge on any atom is -0.369 e. The van der Waals surface area contributed by atoms with Crippen molar-refractivity contribution in [1.29, 1.82) is 0 Å². The van der Waals surface area contributed by atoms with E-state index in [0.717, 1.165) is 62.6 Å². The molecule has 0 bridgehead atoms. The number of carbonyl (C=O) groups is 1. The summed E-state index contributed by atoms with van der Waals surface area (Å²) in [5, 5.41) is 3.07. The summed E-state index contributed by atoms with van der Waals surface area (Å²) in [4.78, 5) is 33.3. The molecule has 8 nitrogen and oxygen atoms in total. The van der Waals surface area contributed by atoms with Gasteiger partial charge in [-0.1, -0.05) is 6.07 Å². The molecule has 1 amide bonds. The SMILES string of the molecule is CN1CCN(c2ccc(NC(=O)CN3CCC[C@H]3c3ccnc(-c4ccccn4)n3)cc2)CC1. The maximum Gasteiger partial charge on any atom is 0.238 e. The number of hydrogen-bond donors (Lipinski definition) is 1. The molecule has 2 aliphatic heterocycles. The number of nitrogens with one attached hydrogen (secondary N) is 1. The number of rotatable bonds is 6. The van der Waals surface area contributed by atoms with Gasteiger partial charge in [-0.25, -0.2) is 9.97 Å². The molecule has 0 spiro atoms. The Balaban J connectivity index is 1.20. The van der Waals surface area contributed by atoms with E-state index in [1.807, 2.05) is 36.4 Å². The molecular weight excluding hydrogens is 426 g/mol. The van der Waals surface area contributed by atoms with E-state index < -0.39 is 0 Å². The Morgan fingerprint density at radius 1 is 0.971 bits per heavy atom. The molecule has 2 saturated heterocycles. The van der Waals surface area contributed by atoms with Gasteiger partial charge in [0.15, 0.2) is 5.82 Å². The van der Waals surface area contributed by atoms with Crippen molar-refractivity contribution < 1.29 is 4.79 Å². The summed E-state index contributed by atoms with van der Waals surface area (Å²) in [5.41, 5.74) is 3.74. The predicted molar refractivity (Wildman–Crippen MR) is 134 cm³/mol. The number of benzene rings is 1. The van der Waals surface area contributed by atoms with Crippen molar-refractivity contribution in [2.45, 2.75) is 18.9 Å². The number of likely N-dealkylation sites (tertiary alicyclic amines) is 1. The summed E-state index contributed by atoms with van der Waals surface area (Å²) >= 11 is 0. The molecule has 4 heterocycles. The lowest BCUT2D eigenvalue weighted by Crippen LogP contribution is -2.44. The molecule has 3 aromatic rings. The average Bonchev–Trinajstić information content (AvgIpc) is 3.33. The summed E-state index contributed by atoms with van der Waals surface area (Å²) in [7, 11) is 2.16. The number of anilines is 2. The Kier molecular flexibility index (Phi) is 6.78. The number of likely N-dealkylation sites (N-methyl/N-ethyl adjacent to an activating group) is 1. The normalized spacial score (nSPS) is 19.3. The van der Waals surface area contributed by atoms with Crippen LogP contribution in [-0.2, 0) is 4.79 Å². The molecule has 2 aromatic heterocycles. The monoisotopic (exact) mass is 457 g/mol. The number of aromatic nitrogens is 3. The Morgan fingerprint density at radius 3 is 2.56 bits per heavy atom. The first-order valence-corrected chi connectivity index (χ1v) is 12.0. The third-order valence-electron chi connectivity index (χ3n) is 6.64. The minimum atomic E-state index is -0.00162. The van der Waals surface area contributed by atoms with Crippen molar-refractivity contribution in [2.75, 3.05) is 56.5 Å². The van der Waals surface area contributed by atoms with Gasteiger partial charge in [-0.3, -0.25) is 14.7 Å². The highest BCUT2D eigenvalue weighted by Gasteiger charge is 2.29. The van der Waals surface area contributed by atoms with E-state index in [4.69, 9.17) is 4.98 Å². The first-order valence-electron chi connectivity index (χ1n) is 12.0. The highest BCUT2D eigenvalue weighted by molar-refractivity contribution is 5.92. The van der Waals surface area contributed by atoms with Crippen LogP contribution in [0, 0.1) is 0 Å². The van der Waals surface area contributed by atoms with Crippen LogP contribution in [-0.4, -0.2) is 77.0 Å². The average molecular weight is 458 g/mol. The van der Waals surface area contributed by atoms with Gasteiger partial charge in [0.2, 0.25) is 5.91 Å². The second-order valence-electron chi connectivity index (χ2n) is 9.03. The lowest BCUT2D eigenvalue weighted by atomic mass is 10.1. The predicted octanol–water partition coefficient (Wildman–Crippen LogP) is 3.07. The van der Waals surface area contributed by atoms with Crippen LogP contribution in [0.2, 0.25) is 0 Å². The third kappa shape index (κ3) is 5.24. The number of carbonyl (C=O) groups excluding carboxylic acids is 1. The zero-order chi connectivity index (χ0) is 23.3. The topological polar surface area (TPSA) is 77.5 Å². The van der Waals surface area contributed by atoms with Crippen molar-refractivity contribution in [3.8, 4) is 11.5 Å². The lowest BCUT2D eigenvalue weighted by molar-refractivity contribution is -0.117. The smallest absolute Gasteiger partial charge is 0.238 e. The molecule has 0 unspecified atom stereocenters. The van der Waals surface area contributed by atoms with Gasteiger partial charge >= 0.3 is 0 Å². The second-order valence-corrected chi connectivity index (χ2v) is 9.03. The summed E-state index contributed by atoms with van der Waals surface area (Å²) < 4.78 is 0. The van der Waals surface area contributed by atoms with Crippen LogP contribution in [0.5, 0.6) is 0 Å². The molecular formula is C26H31N7O. The standard InChI is InChI=1S/C26H31N7O/c1-31-15-17-32(18-16-31)21-9-7-20(8-10-21)29-25(34)19-33-14-4-6-24(33)22-11-13-28-26(30-22)23-5-2-3-12-27-23/h2-3,5,7-13,24H,4,6,14-19H2,1H3,(H,29,34)/t24-/m0/s1. The van der Waals surface area contributed by atoms with Gasteiger partial charge < -0.3 is 15.1 Å². The van der Waals surface area contributed by atoms with E-state index in [2.05, 4.69) is 49.2 Å². The van der Waals surface area contributed by atoms with Gasteiger partial charge in [0.25, 0.3) is 0 Å². The molecule has 1 aromatic carbocycles. The maximum atomic E-state index is 12.8. The zero-order valence-corrected chi connectivity index (χ0v) is 19.6. The Morgan fingerprint density at radius 2 is 1.79 bits per heavy atom. The summed E-state index contributed by atoms with van der Waals surface area (Å²) in [6.45, 7) is 5.43. The number of hydrogen-bond acceptors (Lipinski definition) is 7. The van der Waals surface area contributed by atoms with Crippen LogP contribution >= 0.6 is 0 Å². The quantitative estimate of drug-likeness (QED) is 0.610. The Labute approximate surface area is 200 Å². The molecule has 0 radical (unpaired) electrons. The molecule has 2 aliphatic rings. The van der Waals surface area contributed by atoms with Crippen molar-refractivity contribution >= 4 is 17.3 Å². The van der Waals surface area contributed by atoms with Crippen LogP contribution in [0.4, 0.5) is 11.4 Å². The highest BCUT2D eigenvalue weighted by Crippen LogP contribution is 2.31. The Bertz CT molecular complexity index is 1100. The number of nitrogens with zero attached hydrogens (tertiary/aromatic N) is 6. The third-order valence-corrected chi connectivity index (χ3v) is 6.64. The first kappa shape index (κ1) is 22.4. The van der Waals surface area contributed by atoms with Crippen LogP contribution < -0.4 is 10.2 Å². The van der Waals surface area contributed by atoms with E-state index in [9.17, 15) is 4.79 Å². The molecule has 5 rings (SSSR count). The van der Waals surface area contributed by atoms with E-state index in [0.29, 0.717) is 12.4 Å². The van der Waals surface area contributed by atoms with Crippen LogP contribution in [0.25, 0.3) is 11.5 Å². The summed E-state index contributed by atoms with van der Waals surface area (Å²) in [6, 6.07) is 16.0. The highest BCUT2D eigenvalue weighted by atomic mass is 16.2. The van der Waals surface area contributed by atoms with Crippen LogP contribution in [0.15, 0.2) is 60.9 Å². The van der Waals surface area contributed by atoms with Gasteiger partial charge in [-0.15, -0.1) is 0 Å². The molecule has 8 heteroatoms. The maximum absolute atomic E-state index is 12.8. The van der Waals surface area contributed by atoms with Crippen LogP contribution in [0.1, 0.15) is 24.6 Å². The molecule has 0 aliphatic carbocycles. The molecule has 0 saturated carbocycles. The van der Waals surface area contributed by atoms with Crippen molar-refractivity contribution in [1.82, 2.24) is 24.8 Å². The Hall–Kier alpha value is -3.36. The van der Waals surface area contributed by atoms with Gasteiger partial charge in [-0.05, 0) is 68.9 Å². The first-order chi connectivity index (χ1) is 16.7. The zero-order valence-electron chi connectivity index (χ0n) is 19.6. The number of amides is 1. The number of piperazine rings is 1. The van der Waals surface area contributed by atoms with Crippen molar-refractivity contribution in [3.63, 3.8) is 0 Å². The molecule has 2 fully saturated rings. The molecule has 1 N–H and O–H groups in total. The fraction of sp³-hybridized carbons (Fsp3) is 0.385. The van der Waals surface area contributed by atoms with Gasteiger partial charge in [-0.2, -0.15) is 0 Å². The minimum absolute atomic E-state index is 0.00162. The van der Waals surface area contributed by atoms with E-state index in [-0.39, 0.29) is 11.9 Å². The molecule has 1 atom stereocenters. The molecule has 34 heavy (non-hydrogen) atoms. The fourth-order valence-electron chi connectivity index (χ4n) is 4.73. The lowest BCUT2D eigenvalue weighted by Gasteiger charge is -2.34. The van der Waals surface area contributed by atoms with Crippen molar-refractivity contribution in [3.05, 3.63) is 66.6 Å². The van der Waals surface area contributed by atoms with E-state index in [1.54, 1.807) is 12.4 Å². The van der Waals surface area contributed by atoms with Gasteiger partial charge in [0.1, 0.15) is 5.69 Å².